The number of nitrogens with zero attached hydrogens (tertiary/aromatic N) is 4. The summed E-state index contributed by atoms with van der Waals surface area (Å²) in [5, 5.41) is 13.9. The predicted octanol–water partition coefficient (Wildman–Crippen LogP) is 7.55. The van der Waals surface area contributed by atoms with E-state index >= 15 is 8.78 Å². The molecule has 12 heteroatoms. The van der Waals surface area contributed by atoms with Crippen LogP contribution in [0.5, 0.6) is 5.75 Å². The summed E-state index contributed by atoms with van der Waals surface area (Å²) in [4.78, 5) is 12.9. The van der Waals surface area contributed by atoms with Gasteiger partial charge in [-0.2, -0.15) is 14.4 Å². The normalized spacial score (nSPS) is 21.3. The molecule has 0 bridgehead atoms. The Morgan fingerprint density at radius 3 is 2.08 bits per heavy atom. The van der Waals surface area contributed by atoms with Crippen LogP contribution in [-0.4, -0.2) is 64.5 Å². The number of alkyl halides is 1. The van der Waals surface area contributed by atoms with E-state index in [1.807, 2.05) is 119 Å². The summed E-state index contributed by atoms with van der Waals surface area (Å²) in [6, 6.07) is 27.0. The SMILES string of the molecule is C=C[C@]1(CO)O[C@@H](n2cnc3c(NC(c4ccccc4)(c4ccccc4)c4ccc(OC)cc4)nc(F)nc32)[C@@H](F)[C@@H]1O[Si](C)(C)C(C)(C)C. The number of anilines is 1. The van der Waals surface area contributed by atoms with Crippen LogP contribution < -0.4 is 10.1 Å². The van der Waals surface area contributed by atoms with E-state index < -0.39 is 50.6 Å². The molecular weight excluding hydrogens is 657 g/mol. The highest BCUT2D eigenvalue weighted by Gasteiger charge is 2.58. The minimum absolute atomic E-state index is 0.00119. The monoisotopic (exact) mass is 699 g/mol. The lowest BCUT2D eigenvalue weighted by atomic mass is 9.77. The molecule has 9 nitrogen and oxygen atoms in total. The average Bonchev–Trinajstić information content (AvgIpc) is 3.65. The first kappa shape index (κ1) is 35.3. The predicted molar refractivity (Wildman–Crippen MR) is 192 cm³/mol. The third-order valence-corrected chi connectivity index (χ3v) is 14.6. The van der Waals surface area contributed by atoms with Gasteiger partial charge in [0.15, 0.2) is 37.7 Å². The first-order valence-electron chi connectivity index (χ1n) is 16.5. The van der Waals surface area contributed by atoms with Crippen LogP contribution in [0.3, 0.4) is 0 Å². The Morgan fingerprint density at radius 2 is 1.56 bits per heavy atom. The van der Waals surface area contributed by atoms with Crippen molar-refractivity contribution in [2.24, 2.45) is 0 Å². The largest absolute Gasteiger partial charge is 0.497 e. The number of aromatic nitrogens is 4. The zero-order chi connectivity index (χ0) is 35.9. The lowest BCUT2D eigenvalue weighted by Crippen LogP contribution is -2.53. The number of aliphatic hydroxyl groups is 1. The van der Waals surface area contributed by atoms with Crippen LogP contribution in [-0.2, 0) is 14.7 Å². The van der Waals surface area contributed by atoms with E-state index in [9.17, 15) is 5.11 Å². The molecule has 262 valence electrons. The van der Waals surface area contributed by atoms with Gasteiger partial charge in [0.25, 0.3) is 0 Å². The van der Waals surface area contributed by atoms with E-state index in [-0.39, 0.29) is 22.0 Å². The summed E-state index contributed by atoms with van der Waals surface area (Å²) in [7, 11) is -0.956. The van der Waals surface area contributed by atoms with Crippen molar-refractivity contribution in [1.29, 1.82) is 0 Å². The zero-order valence-corrected chi connectivity index (χ0v) is 30.1. The van der Waals surface area contributed by atoms with Crippen molar-refractivity contribution in [3.05, 3.63) is 127 Å². The lowest BCUT2D eigenvalue weighted by molar-refractivity contribution is -0.0938. The number of halogens is 2. The van der Waals surface area contributed by atoms with E-state index in [1.165, 1.54) is 17.0 Å². The van der Waals surface area contributed by atoms with Gasteiger partial charge in [-0.15, -0.1) is 6.58 Å². The molecule has 50 heavy (non-hydrogen) atoms. The molecule has 1 aliphatic heterocycles. The number of fused-ring (bicyclic) bond motifs is 1. The van der Waals surface area contributed by atoms with Crippen LogP contribution in [0.15, 0.2) is 104 Å². The number of benzene rings is 3. The number of hydrogen-bond acceptors (Lipinski definition) is 8. The maximum atomic E-state index is 16.7. The first-order valence-corrected chi connectivity index (χ1v) is 19.4. The second kappa shape index (κ2) is 13.3. The summed E-state index contributed by atoms with van der Waals surface area (Å²) in [5.74, 6) is 0.749. The van der Waals surface area contributed by atoms with Crippen LogP contribution >= 0.6 is 0 Å². The molecule has 0 aliphatic carbocycles. The highest BCUT2D eigenvalue weighted by atomic mass is 28.4. The molecule has 4 atom stereocenters. The summed E-state index contributed by atoms with van der Waals surface area (Å²) in [5.41, 5.74) is 0.0261. The fraction of sp³-hybridized carbons (Fsp3) is 0.342. The highest BCUT2D eigenvalue weighted by Crippen LogP contribution is 2.47. The third-order valence-electron chi connectivity index (χ3n) is 10.1. The van der Waals surface area contributed by atoms with E-state index in [1.54, 1.807) is 7.11 Å². The van der Waals surface area contributed by atoms with Crippen molar-refractivity contribution in [1.82, 2.24) is 19.5 Å². The number of nitrogens with one attached hydrogen (secondary N) is 1. The quantitative estimate of drug-likeness (QED) is 0.0631. The average molecular weight is 700 g/mol. The summed E-state index contributed by atoms with van der Waals surface area (Å²) < 4.78 is 51.9. The molecular formula is C38H43F2N5O4Si. The van der Waals surface area contributed by atoms with Gasteiger partial charge in [0.05, 0.1) is 20.0 Å². The second-order valence-electron chi connectivity index (χ2n) is 14.1. The standard InChI is InChI=1S/C38H43F2N5O4Si/c1-8-37(23-46)31(49-50(6,7)36(2,3)4)29(39)34(48-37)45-24-41-30-32(42-35(40)43-33(30)45)44-38(25-15-11-9-12-16-25,26-17-13-10-14-18-26)27-19-21-28(47-5)22-20-27/h8-22,24,29,31,34,46H,1,23H2,2-7H3,(H,42,43,44)/t29-,31-,34+,37+/m0/s1. The Kier molecular flexibility index (Phi) is 9.42. The van der Waals surface area contributed by atoms with E-state index in [0.717, 1.165) is 16.7 Å². The highest BCUT2D eigenvalue weighted by molar-refractivity contribution is 6.74. The molecule has 5 aromatic rings. The molecule has 3 heterocycles. The van der Waals surface area contributed by atoms with Gasteiger partial charge in [-0.25, -0.2) is 9.37 Å². The molecule has 1 saturated heterocycles. The first-order chi connectivity index (χ1) is 23.8. The summed E-state index contributed by atoms with van der Waals surface area (Å²) in [6.07, 6.45) is -2.66. The molecule has 3 aromatic carbocycles. The van der Waals surface area contributed by atoms with Crippen molar-refractivity contribution in [2.75, 3.05) is 19.0 Å². The molecule has 6 rings (SSSR count). The minimum atomic E-state index is -2.56. The van der Waals surface area contributed by atoms with Crippen LogP contribution in [0.25, 0.3) is 11.2 Å². The maximum Gasteiger partial charge on any atom is 0.312 e. The van der Waals surface area contributed by atoms with Crippen LogP contribution in [0.2, 0.25) is 18.1 Å². The minimum Gasteiger partial charge on any atom is -0.497 e. The van der Waals surface area contributed by atoms with Gasteiger partial charge in [-0.1, -0.05) is 99.6 Å². The number of imidazole rings is 1. The lowest BCUT2D eigenvalue weighted by Gasteiger charge is -2.41. The van der Waals surface area contributed by atoms with Gasteiger partial charge in [0.1, 0.15) is 23.0 Å². The van der Waals surface area contributed by atoms with Crippen LogP contribution in [0.1, 0.15) is 43.7 Å². The molecule has 1 fully saturated rings. The van der Waals surface area contributed by atoms with Crippen molar-refractivity contribution >= 4 is 25.3 Å². The molecule has 0 radical (unpaired) electrons. The van der Waals surface area contributed by atoms with E-state index in [2.05, 4.69) is 26.8 Å². The Hall–Kier alpha value is -4.49. The fourth-order valence-electron chi connectivity index (χ4n) is 6.28. The smallest absolute Gasteiger partial charge is 0.312 e. The third kappa shape index (κ3) is 6.00. The number of ether oxygens (including phenoxy) is 2. The van der Waals surface area contributed by atoms with E-state index in [4.69, 9.17) is 13.9 Å². The van der Waals surface area contributed by atoms with Gasteiger partial charge in [-0.05, 0) is 47.0 Å². The molecule has 0 amide bonds. The fourth-order valence-corrected chi connectivity index (χ4v) is 7.59. The Bertz CT molecular complexity index is 1910. The second-order valence-corrected chi connectivity index (χ2v) is 18.8. The molecule has 0 spiro atoms. The number of aliphatic hydroxyl groups excluding tert-OH is 1. The van der Waals surface area contributed by atoms with Crippen LogP contribution in [0.4, 0.5) is 14.6 Å². The molecule has 0 saturated carbocycles. The molecule has 2 N–H and O–H groups in total. The van der Waals surface area contributed by atoms with Crippen molar-refractivity contribution in [2.45, 2.75) is 68.5 Å². The number of rotatable bonds is 11. The van der Waals surface area contributed by atoms with Gasteiger partial charge in [0, 0.05) is 0 Å². The summed E-state index contributed by atoms with van der Waals surface area (Å²) in [6.45, 7) is 13.4. The van der Waals surface area contributed by atoms with Gasteiger partial charge in [-0.3, -0.25) is 4.57 Å². The van der Waals surface area contributed by atoms with Crippen LogP contribution in [0, 0.1) is 6.08 Å². The van der Waals surface area contributed by atoms with Gasteiger partial charge < -0.3 is 24.3 Å². The number of hydrogen-bond donors (Lipinski definition) is 2. The number of methoxy groups -OCH3 is 1. The van der Waals surface area contributed by atoms with E-state index in [0.29, 0.717) is 5.75 Å². The van der Waals surface area contributed by atoms with Gasteiger partial charge in [0.2, 0.25) is 0 Å². The van der Waals surface area contributed by atoms with Crippen molar-refractivity contribution < 1.29 is 27.8 Å². The maximum absolute atomic E-state index is 16.7. The molecule has 0 unspecified atom stereocenters. The topological polar surface area (TPSA) is 104 Å². The molecule has 1 aliphatic rings. The van der Waals surface area contributed by atoms with Crippen molar-refractivity contribution in [3.8, 4) is 5.75 Å². The zero-order valence-electron chi connectivity index (χ0n) is 29.1. The van der Waals surface area contributed by atoms with Gasteiger partial charge >= 0.3 is 6.08 Å². The Balaban J connectivity index is 1.50. The molecule has 2 aromatic heterocycles. The Labute approximate surface area is 292 Å². The Morgan fingerprint density at radius 1 is 0.980 bits per heavy atom. The van der Waals surface area contributed by atoms with Crippen molar-refractivity contribution in [3.63, 3.8) is 0 Å². The summed E-state index contributed by atoms with van der Waals surface area (Å²) >= 11 is 0.